The zero-order valence-corrected chi connectivity index (χ0v) is 30.8. The third-order valence-electron chi connectivity index (χ3n) is 11.6. The zero-order chi connectivity index (χ0) is 36.4. The van der Waals surface area contributed by atoms with Gasteiger partial charge in [0.05, 0.1) is 5.69 Å². The van der Waals surface area contributed by atoms with Crippen molar-refractivity contribution in [3.05, 3.63) is 199 Å². The van der Waals surface area contributed by atoms with E-state index in [0.29, 0.717) is 0 Å². The van der Waals surface area contributed by atoms with E-state index in [-0.39, 0.29) is 5.41 Å². The van der Waals surface area contributed by atoms with E-state index in [2.05, 4.69) is 218 Å². The van der Waals surface area contributed by atoms with Gasteiger partial charge in [-0.2, -0.15) is 0 Å². The van der Waals surface area contributed by atoms with Gasteiger partial charge in [0.25, 0.3) is 0 Å². The Kier molecular flexibility index (Phi) is 7.42. The van der Waals surface area contributed by atoms with Crippen LogP contribution in [0.2, 0.25) is 0 Å². The maximum atomic E-state index is 2.42. The molecular formula is C52H40N2. The molecule has 0 spiro atoms. The van der Waals surface area contributed by atoms with Gasteiger partial charge in [0.2, 0.25) is 0 Å². The van der Waals surface area contributed by atoms with Crippen molar-refractivity contribution < 1.29 is 0 Å². The average molecular weight is 693 g/mol. The van der Waals surface area contributed by atoms with Crippen molar-refractivity contribution in [2.24, 2.45) is 7.05 Å². The van der Waals surface area contributed by atoms with Gasteiger partial charge in [-0.3, -0.25) is 0 Å². The van der Waals surface area contributed by atoms with Gasteiger partial charge in [0.15, 0.2) is 0 Å². The molecule has 0 unspecified atom stereocenters. The van der Waals surface area contributed by atoms with Crippen LogP contribution in [0.1, 0.15) is 25.0 Å². The highest BCUT2D eigenvalue weighted by Gasteiger charge is 2.35. The number of hydrogen-bond donors (Lipinski definition) is 0. The van der Waals surface area contributed by atoms with Crippen molar-refractivity contribution in [2.75, 3.05) is 4.90 Å². The molecule has 0 radical (unpaired) electrons. The maximum absolute atomic E-state index is 2.42. The molecule has 0 fully saturated rings. The minimum Gasteiger partial charge on any atom is -0.343 e. The van der Waals surface area contributed by atoms with E-state index in [1.807, 2.05) is 0 Å². The van der Waals surface area contributed by atoms with Crippen LogP contribution in [0.4, 0.5) is 17.1 Å². The average Bonchev–Trinajstić information content (AvgIpc) is 3.65. The molecule has 1 heterocycles. The van der Waals surface area contributed by atoms with Crippen molar-refractivity contribution in [1.82, 2.24) is 4.57 Å². The van der Waals surface area contributed by atoms with E-state index in [1.54, 1.807) is 0 Å². The molecule has 10 rings (SSSR count). The van der Waals surface area contributed by atoms with Crippen molar-refractivity contribution in [2.45, 2.75) is 19.3 Å². The van der Waals surface area contributed by atoms with Gasteiger partial charge in [0, 0.05) is 46.0 Å². The van der Waals surface area contributed by atoms with E-state index in [0.717, 1.165) is 17.1 Å². The van der Waals surface area contributed by atoms with Crippen LogP contribution in [0.3, 0.4) is 0 Å². The van der Waals surface area contributed by atoms with Crippen molar-refractivity contribution in [3.8, 4) is 44.6 Å². The Labute approximate surface area is 317 Å². The van der Waals surface area contributed by atoms with Crippen LogP contribution in [0, 0.1) is 0 Å². The van der Waals surface area contributed by atoms with Crippen molar-refractivity contribution >= 4 is 38.7 Å². The number of nitrogens with zero attached hydrogens (tertiary/aromatic N) is 2. The van der Waals surface area contributed by atoms with Crippen LogP contribution in [0.15, 0.2) is 188 Å². The molecule has 0 aliphatic heterocycles. The molecule has 0 saturated carbocycles. The number of aryl methyl sites for hydroxylation is 1. The van der Waals surface area contributed by atoms with Gasteiger partial charge in [0.1, 0.15) is 0 Å². The summed E-state index contributed by atoms with van der Waals surface area (Å²) >= 11 is 0. The molecule has 9 aromatic rings. The smallest absolute Gasteiger partial charge is 0.0568 e. The normalized spacial score (nSPS) is 12.9. The minimum atomic E-state index is -0.0993. The molecule has 0 atom stereocenters. The second-order valence-electron chi connectivity index (χ2n) is 15.0. The summed E-state index contributed by atoms with van der Waals surface area (Å²) in [4.78, 5) is 2.41. The fraction of sp³-hybridized carbons (Fsp3) is 0.0769. The predicted molar refractivity (Wildman–Crippen MR) is 229 cm³/mol. The molecule has 2 heteroatoms. The van der Waals surface area contributed by atoms with Gasteiger partial charge in [-0.05, 0) is 97.7 Å². The lowest BCUT2D eigenvalue weighted by Gasteiger charge is -2.28. The molecule has 8 aromatic carbocycles. The first-order chi connectivity index (χ1) is 26.5. The first kappa shape index (κ1) is 32.0. The lowest BCUT2D eigenvalue weighted by Crippen LogP contribution is -2.16. The van der Waals surface area contributed by atoms with E-state index in [9.17, 15) is 0 Å². The molecule has 0 N–H and O–H groups in total. The van der Waals surface area contributed by atoms with Crippen LogP contribution in [0.5, 0.6) is 0 Å². The number of aromatic nitrogens is 1. The first-order valence-electron chi connectivity index (χ1n) is 18.8. The first-order valence-corrected chi connectivity index (χ1v) is 18.8. The lowest BCUT2D eigenvalue weighted by atomic mass is 9.82. The van der Waals surface area contributed by atoms with Gasteiger partial charge >= 0.3 is 0 Å². The Morgan fingerprint density at radius 3 is 1.78 bits per heavy atom. The topological polar surface area (TPSA) is 8.17 Å². The third-order valence-corrected chi connectivity index (χ3v) is 11.6. The van der Waals surface area contributed by atoms with Crippen LogP contribution in [-0.2, 0) is 12.5 Å². The molecule has 2 nitrogen and oxygen atoms in total. The largest absolute Gasteiger partial charge is 0.343 e. The quantitative estimate of drug-likeness (QED) is 0.168. The summed E-state index contributed by atoms with van der Waals surface area (Å²) in [7, 11) is 2.18. The minimum absolute atomic E-state index is 0.0993. The van der Waals surface area contributed by atoms with Crippen molar-refractivity contribution in [1.29, 1.82) is 0 Å². The molecule has 0 saturated heterocycles. The molecule has 1 aromatic heterocycles. The molecule has 1 aliphatic rings. The Morgan fingerprint density at radius 1 is 0.426 bits per heavy atom. The molecule has 1 aliphatic carbocycles. The summed E-state index contributed by atoms with van der Waals surface area (Å²) < 4.78 is 2.34. The fourth-order valence-electron chi connectivity index (χ4n) is 8.94. The Morgan fingerprint density at radius 2 is 1.00 bits per heavy atom. The van der Waals surface area contributed by atoms with Gasteiger partial charge in [-0.15, -0.1) is 0 Å². The summed E-state index contributed by atoms with van der Waals surface area (Å²) in [5, 5.41) is 3.78. The van der Waals surface area contributed by atoms with Crippen molar-refractivity contribution in [3.63, 3.8) is 0 Å². The van der Waals surface area contributed by atoms with E-state index in [1.165, 1.54) is 77.4 Å². The Bertz CT molecular complexity index is 2830. The summed E-state index contributed by atoms with van der Waals surface area (Å²) in [6.07, 6.45) is 0. The predicted octanol–water partition coefficient (Wildman–Crippen LogP) is 14.1. The number of anilines is 3. The summed E-state index contributed by atoms with van der Waals surface area (Å²) in [6, 6.07) is 68.9. The van der Waals surface area contributed by atoms with E-state index >= 15 is 0 Å². The number of benzene rings is 8. The number of rotatable bonds is 6. The second kappa shape index (κ2) is 12.5. The summed E-state index contributed by atoms with van der Waals surface area (Å²) in [5.74, 6) is 0. The summed E-state index contributed by atoms with van der Waals surface area (Å²) in [6.45, 7) is 4.71. The summed E-state index contributed by atoms with van der Waals surface area (Å²) in [5.41, 5.74) is 17.3. The van der Waals surface area contributed by atoms with Gasteiger partial charge < -0.3 is 9.47 Å². The van der Waals surface area contributed by atoms with Crippen LogP contribution < -0.4 is 4.90 Å². The Balaban J connectivity index is 1.12. The van der Waals surface area contributed by atoms with Gasteiger partial charge in [-0.25, -0.2) is 0 Å². The van der Waals surface area contributed by atoms with Crippen LogP contribution >= 0.6 is 0 Å². The van der Waals surface area contributed by atoms with E-state index < -0.39 is 0 Å². The Hall–Kier alpha value is -6.64. The number of hydrogen-bond acceptors (Lipinski definition) is 1. The highest BCUT2D eigenvalue weighted by atomic mass is 15.1. The molecule has 0 amide bonds. The number of fused-ring (bicyclic) bond motifs is 5. The maximum Gasteiger partial charge on any atom is 0.0568 e. The fourth-order valence-corrected chi connectivity index (χ4v) is 8.94. The van der Waals surface area contributed by atoms with Crippen LogP contribution in [0.25, 0.3) is 66.3 Å². The zero-order valence-electron chi connectivity index (χ0n) is 30.8. The molecule has 258 valence electrons. The molecular weight excluding hydrogens is 653 g/mol. The molecule has 54 heavy (non-hydrogen) atoms. The highest BCUT2D eigenvalue weighted by Crippen LogP contribution is 2.51. The van der Waals surface area contributed by atoms with Crippen LogP contribution in [-0.4, -0.2) is 4.57 Å². The number of para-hydroxylation sites is 1. The highest BCUT2D eigenvalue weighted by molar-refractivity contribution is 6.05. The molecule has 0 bridgehead atoms. The van der Waals surface area contributed by atoms with E-state index in [4.69, 9.17) is 0 Å². The third kappa shape index (κ3) is 5.02. The lowest BCUT2D eigenvalue weighted by molar-refractivity contribution is 0.660. The standard InChI is InChI=1S/C52H40N2/c1-52(2)47-22-11-9-19-44(47)45-33-32-41(34-48(45)52)54(39-28-24-36(25-29-39)43-21-13-17-35-14-7-8-18-42(35)43)40-30-26-37(27-31-40)50-46-20-10-12-23-49(46)53(3)51(50)38-15-5-4-6-16-38/h4-34H,1-3H3. The SMILES string of the molecule is Cn1c(-c2ccccc2)c(-c2ccc(N(c3ccc(-c4cccc5ccccc45)cc3)c3ccc4c(c3)C(C)(C)c3ccccc3-4)cc2)c2ccccc21. The monoisotopic (exact) mass is 692 g/mol. The van der Waals surface area contributed by atoms with Gasteiger partial charge in [-0.1, -0.05) is 159 Å². The second-order valence-corrected chi connectivity index (χ2v) is 15.0.